The average molecular weight is 380 g/mol. The number of halogens is 3. The first-order valence-corrected chi connectivity index (χ1v) is 8.26. The van der Waals surface area contributed by atoms with E-state index >= 15 is 0 Å². The van der Waals surface area contributed by atoms with Gasteiger partial charge in [-0.15, -0.1) is 0 Å². The van der Waals surface area contributed by atoms with E-state index in [0.717, 1.165) is 6.07 Å². The summed E-state index contributed by atoms with van der Waals surface area (Å²) >= 11 is 0. The van der Waals surface area contributed by atoms with E-state index in [4.69, 9.17) is 10.5 Å². The van der Waals surface area contributed by atoms with Crippen LogP contribution in [-0.2, 0) is 17.5 Å². The molecule has 2 aromatic rings. The van der Waals surface area contributed by atoms with Crippen LogP contribution in [0.5, 0.6) is 5.75 Å². The summed E-state index contributed by atoms with van der Waals surface area (Å²) in [5, 5.41) is 5.41. The summed E-state index contributed by atoms with van der Waals surface area (Å²) in [4.78, 5) is 16.0. The number of hydrogen-bond donors (Lipinski definition) is 3. The van der Waals surface area contributed by atoms with Crippen LogP contribution in [0.15, 0.2) is 36.5 Å². The van der Waals surface area contributed by atoms with Gasteiger partial charge in [-0.2, -0.15) is 13.2 Å². The molecule has 1 saturated carbocycles. The van der Waals surface area contributed by atoms with Gasteiger partial charge in [0.2, 0.25) is 5.91 Å². The van der Waals surface area contributed by atoms with E-state index in [1.54, 1.807) is 12.1 Å². The second-order valence-corrected chi connectivity index (χ2v) is 6.41. The summed E-state index contributed by atoms with van der Waals surface area (Å²) in [6.45, 7) is 0.203. The van der Waals surface area contributed by atoms with Gasteiger partial charge in [0.05, 0.1) is 48.0 Å². The molecule has 1 aromatic heterocycles. The van der Waals surface area contributed by atoms with Crippen LogP contribution in [0.1, 0.15) is 24.1 Å². The topological polar surface area (TPSA) is 89.3 Å². The Labute approximate surface area is 153 Å². The molecule has 6 nitrogen and oxygen atoms in total. The Balaban J connectivity index is 1.68. The van der Waals surface area contributed by atoms with Crippen molar-refractivity contribution in [1.82, 2.24) is 10.3 Å². The fourth-order valence-corrected chi connectivity index (χ4v) is 2.46. The first-order valence-electron chi connectivity index (χ1n) is 8.26. The van der Waals surface area contributed by atoms with Crippen molar-refractivity contribution in [3.63, 3.8) is 0 Å². The van der Waals surface area contributed by atoms with Gasteiger partial charge < -0.3 is 21.1 Å². The van der Waals surface area contributed by atoms with Crippen molar-refractivity contribution < 1.29 is 22.7 Å². The summed E-state index contributed by atoms with van der Waals surface area (Å²) in [6, 6.07) is 6.88. The molecule has 0 saturated heterocycles. The van der Waals surface area contributed by atoms with Gasteiger partial charge in [0.15, 0.2) is 0 Å². The number of carbonyl (C=O) groups excluding carboxylic acids is 1. The lowest BCUT2D eigenvalue weighted by Gasteiger charge is -2.16. The number of nitrogens with two attached hydrogens (primary N) is 1. The number of aromatic nitrogens is 1. The van der Waals surface area contributed by atoms with Crippen molar-refractivity contribution in [2.24, 2.45) is 5.73 Å². The van der Waals surface area contributed by atoms with Crippen molar-refractivity contribution in [3.8, 4) is 5.75 Å². The molecule has 1 aliphatic carbocycles. The Morgan fingerprint density at radius 2 is 2.04 bits per heavy atom. The molecule has 144 valence electrons. The summed E-state index contributed by atoms with van der Waals surface area (Å²) in [7, 11) is 1.31. The number of benzene rings is 1. The maximum atomic E-state index is 13.2. The number of amides is 1. The maximum Gasteiger partial charge on any atom is 0.418 e. The van der Waals surface area contributed by atoms with Crippen LogP contribution in [0.3, 0.4) is 0 Å². The Morgan fingerprint density at radius 3 is 2.59 bits per heavy atom. The molecule has 0 atom stereocenters. The molecule has 9 heteroatoms. The maximum absolute atomic E-state index is 13.2. The highest BCUT2D eigenvalue weighted by atomic mass is 19.4. The molecular formula is C18H19F3N4O2. The first-order chi connectivity index (χ1) is 12.7. The monoisotopic (exact) mass is 380 g/mol. The SMILES string of the molecule is COc1ccc(Nc2ccc(CNC(=O)C3(N)CC3)nc2)c(C(F)(F)F)c1. The lowest BCUT2D eigenvalue weighted by atomic mass is 10.1. The van der Waals surface area contributed by atoms with E-state index in [1.165, 1.54) is 25.4 Å². The Kier molecular flexibility index (Phi) is 4.97. The molecule has 1 fully saturated rings. The van der Waals surface area contributed by atoms with E-state index in [0.29, 0.717) is 24.2 Å². The van der Waals surface area contributed by atoms with Crippen LogP contribution in [0.25, 0.3) is 0 Å². The van der Waals surface area contributed by atoms with Crippen molar-refractivity contribution in [2.45, 2.75) is 31.1 Å². The number of rotatable bonds is 6. The second-order valence-electron chi connectivity index (χ2n) is 6.41. The Morgan fingerprint density at radius 1 is 1.30 bits per heavy atom. The van der Waals surface area contributed by atoms with E-state index < -0.39 is 17.3 Å². The summed E-state index contributed by atoms with van der Waals surface area (Å²) in [5.41, 5.74) is 5.05. The number of nitrogens with zero attached hydrogens (tertiary/aromatic N) is 1. The van der Waals surface area contributed by atoms with Gasteiger partial charge in [-0.1, -0.05) is 0 Å². The zero-order valence-electron chi connectivity index (χ0n) is 14.6. The van der Waals surface area contributed by atoms with Crippen LogP contribution in [0.4, 0.5) is 24.5 Å². The normalized spacial score (nSPS) is 15.1. The second kappa shape index (κ2) is 7.07. The summed E-state index contributed by atoms with van der Waals surface area (Å²) in [6.07, 6.45) is -1.80. The van der Waals surface area contributed by atoms with Gasteiger partial charge >= 0.3 is 6.18 Å². The number of ether oxygens (including phenoxy) is 1. The smallest absolute Gasteiger partial charge is 0.418 e. The highest BCUT2D eigenvalue weighted by molar-refractivity contribution is 5.88. The number of nitrogens with one attached hydrogen (secondary N) is 2. The van der Waals surface area contributed by atoms with E-state index in [9.17, 15) is 18.0 Å². The number of anilines is 2. The molecule has 1 aromatic carbocycles. The molecule has 1 aliphatic rings. The Hall–Kier alpha value is -2.81. The van der Waals surface area contributed by atoms with Gasteiger partial charge in [-0.25, -0.2) is 0 Å². The quantitative estimate of drug-likeness (QED) is 0.717. The standard InChI is InChI=1S/C18H19F3N4O2/c1-27-13-4-5-15(14(8-13)18(19,20)21)25-12-3-2-11(23-10-12)9-24-16(26)17(22)6-7-17/h2-5,8,10,25H,6-7,9,22H2,1H3,(H,24,26). The zero-order chi connectivity index (χ0) is 19.7. The first kappa shape index (κ1) is 19.0. The molecule has 0 unspecified atom stereocenters. The molecule has 0 bridgehead atoms. The largest absolute Gasteiger partial charge is 0.497 e. The lowest BCUT2D eigenvalue weighted by Crippen LogP contribution is -2.42. The number of hydrogen-bond acceptors (Lipinski definition) is 5. The van der Waals surface area contributed by atoms with Gasteiger partial charge in [0.25, 0.3) is 0 Å². The number of methoxy groups -OCH3 is 1. The van der Waals surface area contributed by atoms with Gasteiger partial charge in [-0.3, -0.25) is 9.78 Å². The van der Waals surface area contributed by atoms with Crippen LogP contribution >= 0.6 is 0 Å². The molecule has 3 rings (SSSR count). The van der Waals surface area contributed by atoms with Crippen LogP contribution in [0, 0.1) is 0 Å². The number of alkyl halides is 3. The number of pyridine rings is 1. The van der Waals surface area contributed by atoms with E-state index in [-0.39, 0.29) is 23.9 Å². The molecule has 1 amide bonds. The highest BCUT2D eigenvalue weighted by Crippen LogP contribution is 2.38. The predicted octanol–water partition coefficient (Wildman–Crippen LogP) is 2.96. The van der Waals surface area contributed by atoms with E-state index in [1.807, 2.05) is 0 Å². The van der Waals surface area contributed by atoms with Crippen molar-refractivity contribution in [2.75, 3.05) is 12.4 Å². The molecule has 4 N–H and O–H groups in total. The number of carbonyl (C=O) groups is 1. The molecule has 27 heavy (non-hydrogen) atoms. The van der Waals surface area contributed by atoms with Crippen molar-refractivity contribution >= 4 is 17.3 Å². The lowest BCUT2D eigenvalue weighted by molar-refractivity contribution is -0.137. The molecule has 0 radical (unpaired) electrons. The molecule has 1 heterocycles. The van der Waals surface area contributed by atoms with Gasteiger partial charge in [-0.05, 0) is 43.2 Å². The fourth-order valence-electron chi connectivity index (χ4n) is 2.46. The zero-order valence-corrected chi connectivity index (χ0v) is 14.6. The van der Waals surface area contributed by atoms with Crippen molar-refractivity contribution in [1.29, 1.82) is 0 Å². The highest BCUT2D eigenvalue weighted by Gasteiger charge is 2.45. The third-order valence-electron chi connectivity index (χ3n) is 4.31. The van der Waals surface area contributed by atoms with Crippen molar-refractivity contribution in [3.05, 3.63) is 47.8 Å². The van der Waals surface area contributed by atoms with E-state index in [2.05, 4.69) is 15.6 Å². The third-order valence-corrected chi connectivity index (χ3v) is 4.31. The predicted molar refractivity (Wildman–Crippen MR) is 93.5 cm³/mol. The van der Waals surface area contributed by atoms with Crippen LogP contribution in [0.2, 0.25) is 0 Å². The third kappa shape index (κ3) is 4.48. The average Bonchev–Trinajstić information content (AvgIpc) is 3.39. The molecule has 0 spiro atoms. The minimum atomic E-state index is -4.53. The van der Waals surface area contributed by atoms with Crippen LogP contribution in [-0.4, -0.2) is 23.5 Å². The summed E-state index contributed by atoms with van der Waals surface area (Å²) < 4.78 is 44.6. The minimum absolute atomic E-state index is 0.107. The van der Waals surface area contributed by atoms with Gasteiger partial charge in [0, 0.05) is 0 Å². The minimum Gasteiger partial charge on any atom is -0.497 e. The summed E-state index contributed by atoms with van der Waals surface area (Å²) in [5.74, 6) is -0.106. The van der Waals surface area contributed by atoms with Crippen LogP contribution < -0.4 is 21.1 Å². The Bertz CT molecular complexity index is 833. The fraction of sp³-hybridized carbons (Fsp3) is 0.333. The van der Waals surface area contributed by atoms with Gasteiger partial charge in [0.1, 0.15) is 5.75 Å². The molecule has 0 aliphatic heterocycles. The molecular weight excluding hydrogens is 361 g/mol.